The first-order valence-electron chi connectivity index (χ1n) is 13.4. The van der Waals surface area contributed by atoms with Crippen LogP contribution < -0.4 is 0 Å². The summed E-state index contributed by atoms with van der Waals surface area (Å²) >= 11 is 2.22. The Balaban J connectivity index is 1.85. The molecule has 0 saturated heterocycles. The monoisotopic (exact) mass is 703 g/mol. The number of hydrogen-bond acceptors (Lipinski definition) is 3. The van der Waals surface area contributed by atoms with Crippen LogP contribution in [0.15, 0.2) is 29.2 Å². The predicted molar refractivity (Wildman–Crippen MR) is 159 cm³/mol. The van der Waals surface area contributed by atoms with E-state index in [9.17, 15) is 24.5 Å². The molecule has 1 N–H and O–H groups in total. The third kappa shape index (κ3) is 6.08. The number of hydrogen-bond donors (Lipinski definition) is 1. The average Bonchev–Trinajstić information content (AvgIpc) is 2.74. The highest BCUT2D eigenvalue weighted by atomic mass is 127. The van der Waals surface area contributed by atoms with E-state index >= 15 is 0 Å². The summed E-state index contributed by atoms with van der Waals surface area (Å²) in [6, 6.07) is 2.59. The second kappa shape index (κ2) is 9.12. The predicted octanol–water partition coefficient (Wildman–Crippen LogP) is 10.7. The summed E-state index contributed by atoms with van der Waals surface area (Å²) in [4.78, 5) is 3.12. The first-order valence-corrected chi connectivity index (χ1v) is 19.3. The normalized spacial score (nSPS) is 22.2. The Hall–Kier alpha value is -0.763. The minimum absolute atomic E-state index is 0.0128. The van der Waals surface area contributed by atoms with Crippen LogP contribution in [-0.4, -0.2) is 18.4 Å². The van der Waals surface area contributed by atoms with Crippen molar-refractivity contribution in [3.8, 4) is 0 Å². The van der Waals surface area contributed by atoms with Gasteiger partial charge in [-0.3, -0.25) is 4.98 Å². The molecule has 2 aliphatic rings. The zero-order valence-corrected chi connectivity index (χ0v) is 27.5. The summed E-state index contributed by atoms with van der Waals surface area (Å²) in [7, 11) is -12.0. The molecule has 2 aliphatic carbocycles. The fourth-order valence-electron chi connectivity index (χ4n) is 5.50. The molecule has 39 heavy (non-hydrogen) atoms. The highest BCUT2D eigenvalue weighted by Crippen LogP contribution is 3.02. The summed E-state index contributed by atoms with van der Waals surface area (Å²) in [5.41, 5.74) is 3.38. The minimum Gasteiger partial charge on any atom is -0.410 e. The number of pyridine rings is 1. The van der Waals surface area contributed by atoms with Crippen LogP contribution in [0.1, 0.15) is 107 Å². The zero-order valence-electron chi connectivity index (χ0n) is 23.6. The van der Waals surface area contributed by atoms with Crippen molar-refractivity contribution in [2.45, 2.75) is 108 Å². The topological polar surface area (TPSA) is 42.4 Å². The first kappa shape index (κ1) is 31.2. The van der Waals surface area contributed by atoms with Crippen LogP contribution in [0, 0.1) is 8.99 Å². The number of benzene rings is 1. The van der Waals surface area contributed by atoms with E-state index in [2.05, 4.69) is 56.5 Å². The second-order valence-electron chi connectivity index (χ2n) is 13.3. The van der Waals surface area contributed by atoms with E-state index in [1.54, 1.807) is 0 Å². The van der Waals surface area contributed by atoms with Gasteiger partial charge in [0.15, 0.2) is 8.32 Å². The molecule has 1 aromatic heterocycles. The third-order valence-electron chi connectivity index (χ3n) is 8.92. The third-order valence-corrected chi connectivity index (χ3v) is 15.7. The molecule has 1 aromatic carbocycles. The van der Waals surface area contributed by atoms with Crippen LogP contribution in [0.4, 0.5) is 19.4 Å². The van der Waals surface area contributed by atoms with Gasteiger partial charge in [-0.25, -0.2) is 0 Å². The first-order chi connectivity index (χ1) is 17.4. The Morgan fingerprint density at radius 2 is 1.64 bits per heavy atom. The molecule has 0 unspecified atom stereocenters. The SMILES string of the molecule is CC(C)c1nc2c(c(I)c1[C@@H](O)c1ccc(S(F)(F)(F)(F)F)cc1)[C@@H](O[Si](C)(C)C(C)(C)C)CC1(CCC1)C2. The Morgan fingerprint density at radius 3 is 2.08 bits per heavy atom. The minimum atomic E-state index is -9.81. The van der Waals surface area contributed by atoms with Gasteiger partial charge in [0.05, 0.1) is 11.8 Å². The van der Waals surface area contributed by atoms with E-state index in [1.165, 1.54) is 6.42 Å². The van der Waals surface area contributed by atoms with Gasteiger partial charge in [0.2, 0.25) is 0 Å². The molecule has 0 amide bonds. The van der Waals surface area contributed by atoms with E-state index in [-0.39, 0.29) is 28.0 Å². The number of aliphatic hydroxyl groups excluding tert-OH is 1. The fourth-order valence-corrected chi connectivity index (χ4v) is 8.65. The smallest absolute Gasteiger partial charge is 0.310 e. The maximum absolute atomic E-state index is 13.3. The highest BCUT2D eigenvalue weighted by molar-refractivity contribution is 14.1. The van der Waals surface area contributed by atoms with Crippen molar-refractivity contribution in [2.75, 3.05) is 0 Å². The number of nitrogens with zero attached hydrogens (tertiary/aromatic N) is 1. The maximum atomic E-state index is 13.3. The molecule has 11 heteroatoms. The van der Waals surface area contributed by atoms with Gasteiger partial charge in [-0.1, -0.05) is 72.6 Å². The Labute approximate surface area is 243 Å². The number of fused-ring (bicyclic) bond motifs is 1. The molecular weight excluding hydrogens is 664 g/mol. The van der Waals surface area contributed by atoms with Crippen LogP contribution in [0.3, 0.4) is 0 Å². The van der Waals surface area contributed by atoms with Crippen LogP contribution in [0.5, 0.6) is 0 Å². The molecule has 0 aliphatic heterocycles. The van der Waals surface area contributed by atoms with Gasteiger partial charge < -0.3 is 9.53 Å². The highest BCUT2D eigenvalue weighted by Gasteiger charge is 2.65. The van der Waals surface area contributed by atoms with Gasteiger partial charge in [0, 0.05) is 20.4 Å². The lowest BCUT2D eigenvalue weighted by Crippen LogP contribution is -2.46. The van der Waals surface area contributed by atoms with E-state index < -0.39 is 29.5 Å². The molecule has 1 saturated carbocycles. The molecule has 0 radical (unpaired) electrons. The van der Waals surface area contributed by atoms with Gasteiger partial charge in [-0.2, -0.15) is 0 Å². The van der Waals surface area contributed by atoms with Crippen molar-refractivity contribution in [2.24, 2.45) is 5.41 Å². The lowest BCUT2D eigenvalue weighted by atomic mass is 9.59. The van der Waals surface area contributed by atoms with Crippen molar-refractivity contribution < 1.29 is 29.0 Å². The van der Waals surface area contributed by atoms with Crippen LogP contribution in [-0.2, 0) is 10.8 Å². The molecule has 1 spiro atoms. The molecule has 2 atom stereocenters. The van der Waals surface area contributed by atoms with E-state index in [0.717, 1.165) is 52.6 Å². The van der Waals surface area contributed by atoms with Crippen LogP contribution >= 0.6 is 32.8 Å². The van der Waals surface area contributed by atoms with Gasteiger partial charge in [-0.15, -0.1) is 0 Å². The van der Waals surface area contributed by atoms with E-state index in [1.807, 2.05) is 13.8 Å². The van der Waals surface area contributed by atoms with Gasteiger partial charge >= 0.3 is 10.2 Å². The maximum Gasteiger partial charge on any atom is 0.310 e. The lowest BCUT2D eigenvalue weighted by Gasteiger charge is -2.50. The Morgan fingerprint density at radius 1 is 1.08 bits per heavy atom. The molecule has 220 valence electrons. The van der Waals surface area contributed by atoms with Gasteiger partial charge in [-0.05, 0) is 95.4 Å². The summed E-state index contributed by atoms with van der Waals surface area (Å²) in [6.45, 7) is 14.9. The Bertz CT molecular complexity index is 1270. The molecule has 1 fully saturated rings. The standard InChI is InChI=1S/C28H39F5INO2SSi/c1-17(2)25-23(26(36)18-9-11-19(12-10-18)38(29,30,31,32)33)24(34)22-20(35-25)15-28(13-8-14-28)16-21(22)37-39(6,7)27(3,4)5/h9-12,17,21,26,36H,8,13-16H2,1-7H3/t21-,26-/m0/s1. The molecular formula is C28H39F5INO2SSi. The van der Waals surface area contributed by atoms with E-state index in [4.69, 9.17) is 9.41 Å². The van der Waals surface area contributed by atoms with Crippen LogP contribution in [0.25, 0.3) is 0 Å². The molecule has 4 rings (SSSR count). The quantitative estimate of drug-likeness (QED) is 0.185. The number of aliphatic hydroxyl groups is 1. The zero-order chi connectivity index (χ0) is 29.5. The van der Waals surface area contributed by atoms with Gasteiger partial charge in [0.25, 0.3) is 0 Å². The average molecular weight is 704 g/mol. The van der Waals surface area contributed by atoms with Crippen molar-refractivity contribution in [3.63, 3.8) is 0 Å². The number of aromatic nitrogens is 1. The molecule has 2 aromatic rings. The molecule has 3 nitrogen and oxygen atoms in total. The van der Waals surface area contributed by atoms with Crippen molar-refractivity contribution in [1.29, 1.82) is 0 Å². The second-order valence-corrected chi connectivity index (χ2v) is 21.5. The van der Waals surface area contributed by atoms with Crippen LogP contribution in [0.2, 0.25) is 18.1 Å². The van der Waals surface area contributed by atoms with Crippen molar-refractivity contribution >= 4 is 41.1 Å². The lowest BCUT2D eigenvalue weighted by molar-refractivity contribution is 0.0293. The summed E-state index contributed by atoms with van der Waals surface area (Å²) < 4.78 is 74.3. The van der Waals surface area contributed by atoms with E-state index in [0.29, 0.717) is 23.4 Å². The van der Waals surface area contributed by atoms with Gasteiger partial charge in [0.1, 0.15) is 11.0 Å². The van der Waals surface area contributed by atoms with Crippen molar-refractivity contribution in [3.05, 3.63) is 55.9 Å². The fraction of sp³-hybridized carbons (Fsp3) is 0.607. The number of rotatable bonds is 6. The number of halogens is 6. The molecule has 1 heterocycles. The summed E-state index contributed by atoms with van der Waals surface area (Å²) in [5, 5.41) is 11.5. The van der Waals surface area contributed by atoms with Crippen molar-refractivity contribution in [1.82, 2.24) is 4.98 Å². The summed E-state index contributed by atoms with van der Waals surface area (Å²) in [6.07, 6.45) is 3.63. The molecule has 0 bridgehead atoms. The summed E-state index contributed by atoms with van der Waals surface area (Å²) in [5.74, 6) is -0.0727. The largest absolute Gasteiger partial charge is 0.410 e. The Kier molecular flexibility index (Phi) is 7.29.